The van der Waals surface area contributed by atoms with Crippen molar-refractivity contribution in [2.24, 2.45) is 0 Å². The molecule has 0 unspecified atom stereocenters. The zero-order valence-electron chi connectivity index (χ0n) is 17.8. The molecule has 30 heavy (non-hydrogen) atoms. The molecule has 0 fully saturated rings. The summed E-state index contributed by atoms with van der Waals surface area (Å²) in [6.45, 7) is 4.94. The van der Waals surface area contributed by atoms with E-state index in [9.17, 15) is 0 Å². The fraction of sp³-hybridized carbons (Fsp3) is 0.192. The standard InChI is InChI=1S/C26H26N2O2/c1-18-8-5-9-20(14-18)17-28-26(22-11-7-13-24(16-22)30-4)19(2)25(27-28)21-10-6-12-23(15-21)29-3/h5-16H,17H2,1-4H3. The molecule has 0 N–H and O–H groups in total. The van der Waals surface area contributed by atoms with E-state index in [-0.39, 0.29) is 0 Å². The van der Waals surface area contributed by atoms with E-state index in [0.29, 0.717) is 6.54 Å². The summed E-state index contributed by atoms with van der Waals surface area (Å²) >= 11 is 0. The minimum Gasteiger partial charge on any atom is -0.497 e. The van der Waals surface area contributed by atoms with Crippen LogP contribution in [0.25, 0.3) is 22.5 Å². The average molecular weight is 399 g/mol. The van der Waals surface area contributed by atoms with Crippen molar-refractivity contribution in [1.82, 2.24) is 9.78 Å². The van der Waals surface area contributed by atoms with Crippen molar-refractivity contribution >= 4 is 0 Å². The minimum atomic E-state index is 0.693. The van der Waals surface area contributed by atoms with E-state index in [2.05, 4.69) is 61.0 Å². The Morgan fingerprint density at radius 1 is 0.767 bits per heavy atom. The third-order valence-corrected chi connectivity index (χ3v) is 5.29. The first kappa shape index (κ1) is 19.8. The number of methoxy groups -OCH3 is 2. The molecule has 0 aliphatic rings. The van der Waals surface area contributed by atoms with Crippen LogP contribution in [-0.4, -0.2) is 24.0 Å². The summed E-state index contributed by atoms with van der Waals surface area (Å²) in [6, 6.07) is 24.8. The summed E-state index contributed by atoms with van der Waals surface area (Å²) in [7, 11) is 3.38. The number of benzene rings is 3. The maximum atomic E-state index is 5.47. The molecule has 0 spiro atoms. The first-order valence-electron chi connectivity index (χ1n) is 10.0. The molecule has 152 valence electrons. The van der Waals surface area contributed by atoms with Gasteiger partial charge in [-0.25, -0.2) is 0 Å². The highest BCUT2D eigenvalue weighted by Gasteiger charge is 2.18. The molecule has 4 rings (SSSR count). The largest absolute Gasteiger partial charge is 0.497 e. The number of rotatable bonds is 6. The minimum absolute atomic E-state index is 0.693. The Labute approximate surface area is 177 Å². The van der Waals surface area contributed by atoms with Crippen molar-refractivity contribution in [2.45, 2.75) is 20.4 Å². The van der Waals surface area contributed by atoms with Crippen molar-refractivity contribution in [3.05, 3.63) is 89.5 Å². The molecule has 0 saturated carbocycles. The van der Waals surface area contributed by atoms with Gasteiger partial charge in [0.25, 0.3) is 0 Å². The van der Waals surface area contributed by atoms with E-state index >= 15 is 0 Å². The third kappa shape index (κ3) is 3.94. The highest BCUT2D eigenvalue weighted by molar-refractivity contribution is 5.75. The van der Waals surface area contributed by atoms with Gasteiger partial charge >= 0.3 is 0 Å². The number of aryl methyl sites for hydroxylation is 1. The molecule has 4 aromatic rings. The molecule has 3 aromatic carbocycles. The van der Waals surface area contributed by atoms with Gasteiger partial charge in [0.15, 0.2) is 0 Å². The highest BCUT2D eigenvalue weighted by atomic mass is 16.5. The number of aromatic nitrogens is 2. The van der Waals surface area contributed by atoms with Crippen molar-refractivity contribution in [3.63, 3.8) is 0 Å². The molecule has 4 heteroatoms. The van der Waals surface area contributed by atoms with E-state index in [4.69, 9.17) is 14.6 Å². The van der Waals surface area contributed by atoms with Crippen LogP contribution in [0, 0.1) is 13.8 Å². The molecule has 0 amide bonds. The van der Waals surface area contributed by atoms with Crippen LogP contribution in [0.5, 0.6) is 11.5 Å². The van der Waals surface area contributed by atoms with Gasteiger partial charge in [-0.05, 0) is 43.7 Å². The van der Waals surface area contributed by atoms with Gasteiger partial charge in [0.2, 0.25) is 0 Å². The van der Waals surface area contributed by atoms with Gasteiger partial charge in [0.05, 0.1) is 32.2 Å². The first-order valence-corrected chi connectivity index (χ1v) is 10.0. The Morgan fingerprint density at radius 3 is 2.07 bits per heavy atom. The van der Waals surface area contributed by atoms with Gasteiger partial charge in [0.1, 0.15) is 11.5 Å². The van der Waals surface area contributed by atoms with Crippen molar-refractivity contribution in [2.75, 3.05) is 14.2 Å². The van der Waals surface area contributed by atoms with Crippen LogP contribution in [-0.2, 0) is 6.54 Å². The maximum Gasteiger partial charge on any atom is 0.119 e. The summed E-state index contributed by atoms with van der Waals surface area (Å²) < 4.78 is 13.0. The predicted molar refractivity (Wildman–Crippen MR) is 121 cm³/mol. The quantitative estimate of drug-likeness (QED) is 0.406. The van der Waals surface area contributed by atoms with E-state index in [0.717, 1.165) is 39.6 Å². The summed E-state index contributed by atoms with van der Waals surface area (Å²) in [4.78, 5) is 0. The van der Waals surface area contributed by atoms with E-state index < -0.39 is 0 Å². The first-order chi connectivity index (χ1) is 14.6. The second kappa shape index (κ2) is 8.46. The topological polar surface area (TPSA) is 36.3 Å². The summed E-state index contributed by atoms with van der Waals surface area (Å²) in [5.74, 6) is 1.65. The molecular weight excluding hydrogens is 372 g/mol. The molecule has 1 heterocycles. The van der Waals surface area contributed by atoms with Gasteiger partial charge in [-0.2, -0.15) is 5.10 Å². The van der Waals surface area contributed by atoms with Crippen LogP contribution < -0.4 is 9.47 Å². The van der Waals surface area contributed by atoms with Gasteiger partial charge in [-0.1, -0.05) is 54.1 Å². The molecule has 0 radical (unpaired) electrons. The lowest BCUT2D eigenvalue weighted by Gasteiger charge is -2.10. The lowest BCUT2D eigenvalue weighted by Crippen LogP contribution is -2.04. The smallest absolute Gasteiger partial charge is 0.119 e. The number of ether oxygens (including phenoxy) is 2. The molecule has 0 saturated heterocycles. The van der Waals surface area contributed by atoms with Crippen LogP contribution in [0.4, 0.5) is 0 Å². The SMILES string of the molecule is COc1cccc(-c2nn(Cc3cccc(C)c3)c(-c3cccc(OC)c3)c2C)c1. The summed E-state index contributed by atoms with van der Waals surface area (Å²) in [5.41, 5.74) is 7.77. The van der Waals surface area contributed by atoms with Crippen molar-refractivity contribution in [1.29, 1.82) is 0 Å². The molecule has 0 bridgehead atoms. The Morgan fingerprint density at radius 2 is 1.40 bits per heavy atom. The van der Waals surface area contributed by atoms with Crippen LogP contribution in [0.15, 0.2) is 72.8 Å². The Balaban J connectivity index is 1.88. The van der Waals surface area contributed by atoms with Crippen molar-refractivity contribution < 1.29 is 9.47 Å². The van der Waals surface area contributed by atoms with E-state index in [1.165, 1.54) is 11.1 Å². The molecule has 0 aliphatic heterocycles. The monoisotopic (exact) mass is 398 g/mol. The molecular formula is C26H26N2O2. The molecule has 0 atom stereocenters. The highest BCUT2D eigenvalue weighted by Crippen LogP contribution is 2.34. The Bertz CT molecular complexity index is 1180. The fourth-order valence-electron chi connectivity index (χ4n) is 3.83. The second-order valence-electron chi connectivity index (χ2n) is 7.43. The van der Waals surface area contributed by atoms with Gasteiger partial charge in [-0.3, -0.25) is 4.68 Å². The predicted octanol–water partition coefficient (Wildman–Crippen LogP) is 5.90. The number of hydrogen-bond acceptors (Lipinski definition) is 3. The van der Waals surface area contributed by atoms with E-state index in [1.54, 1.807) is 14.2 Å². The summed E-state index contributed by atoms with van der Waals surface area (Å²) in [5, 5.41) is 5.03. The zero-order chi connectivity index (χ0) is 21.1. The second-order valence-corrected chi connectivity index (χ2v) is 7.43. The van der Waals surface area contributed by atoms with E-state index in [1.807, 2.05) is 30.3 Å². The lowest BCUT2D eigenvalue weighted by molar-refractivity contribution is 0.415. The average Bonchev–Trinajstić information content (AvgIpc) is 3.09. The lowest BCUT2D eigenvalue weighted by atomic mass is 10.0. The molecule has 4 nitrogen and oxygen atoms in total. The molecule has 1 aromatic heterocycles. The van der Waals surface area contributed by atoms with Crippen LogP contribution in [0.1, 0.15) is 16.7 Å². The van der Waals surface area contributed by atoms with Gasteiger partial charge in [-0.15, -0.1) is 0 Å². The Kier molecular flexibility index (Phi) is 5.57. The fourth-order valence-corrected chi connectivity index (χ4v) is 3.83. The van der Waals surface area contributed by atoms with Crippen LogP contribution in [0.3, 0.4) is 0 Å². The zero-order valence-corrected chi connectivity index (χ0v) is 17.8. The van der Waals surface area contributed by atoms with Crippen LogP contribution in [0.2, 0.25) is 0 Å². The number of hydrogen-bond donors (Lipinski definition) is 0. The molecule has 0 aliphatic carbocycles. The summed E-state index contributed by atoms with van der Waals surface area (Å²) in [6.07, 6.45) is 0. The van der Waals surface area contributed by atoms with Gasteiger partial charge < -0.3 is 9.47 Å². The maximum absolute atomic E-state index is 5.47. The van der Waals surface area contributed by atoms with Crippen LogP contribution >= 0.6 is 0 Å². The normalized spacial score (nSPS) is 10.8. The van der Waals surface area contributed by atoms with Crippen molar-refractivity contribution in [3.8, 4) is 34.0 Å². The van der Waals surface area contributed by atoms with Gasteiger partial charge in [0, 0.05) is 16.7 Å². The third-order valence-electron chi connectivity index (χ3n) is 5.29. The Hall–Kier alpha value is -3.53. The number of nitrogens with zero attached hydrogens (tertiary/aromatic N) is 2.